The van der Waals surface area contributed by atoms with E-state index in [1.165, 1.54) is 82.7 Å². The Kier molecular flexibility index (Phi) is 5.69. The minimum atomic E-state index is -0.0590. The van der Waals surface area contributed by atoms with Crippen molar-refractivity contribution in [2.45, 2.75) is 19.3 Å². The summed E-state index contributed by atoms with van der Waals surface area (Å²) in [6, 6.07) is 57.5. The van der Waals surface area contributed by atoms with Crippen molar-refractivity contribution in [1.29, 1.82) is 0 Å². The third-order valence-electron chi connectivity index (χ3n) is 10.7. The summed E-state index contributed by atoms with van der Waals surface area (Å²) in [6.07, 6.45) is 0. The van der Waals surface area contributed by atoms with Crippen molar-refractivity contribution in [3.05, 3.63) is 169 Å². The fourth-order valence-electron chi connectivity index (χ4n) is 8.31. The van der Waals surface area contributed by atoms with Gasteiger partial charge in [-0.1, -0.05) is 147 Å². The zero-order valence-electron chi connectivity index (χ0n) is 26.9. The van der Waals surface area contributed by atoms with Crippen LogP contribution in [0.4, 0.5) is 0 Å². The molecule has 0 N–H and O–H groups in total. The van der Waals surface area contributed by atoms with Gasteiger partial charge in [0.1, 0.15) is 11.5 Å². The summed E-state index contributed by atoms with van der Waals surface area (Å²) in [5.74, 6) is 1.81. The van der Waals surface area contributed by atoms with Gasteiger partial charge in [-0.2, -0.15) is 0 Å². The van der Waals surface area contributed by atoms with Crippen molar-refractivity contribution < 1.29 is 4.74 Å². The van der Waals surface area contributed by atoms with Gasteiger partial charge < -0.3 is 4.74 Å². The van der Waals surface area contributed by atoms with E-state index in [9.17, 15) is 0 Å². The molecule has 0 amide bonds. The molecule has 0 fully saturated rings. The Morgan fingerprint density at radius 2 is 1.02 bits per heavy atom. The SMILES string of the molecule is CC1(C)c2ccccc2-c2c1cc(-c1ccc(-c3ccc4c5c(cccc35)-c3cc(-c5ccccc5)ccc3O4)cc1)c1ccccc21. The molecule has 8 aromatic rings. The van der Waals surface area contributed by atoms with Gasteiger partial charge in [0.2, 0.25) is 0 Å². The zero-order valence-corrected chi connectivity index (χ0v) is 26.9. The minimum absolute atomic E-state index is 0.0590. The predicted molar refractivity (Wildman–Crippen MR) is 201 cm³/mol. The minimum Gasteiger partial charge on any atom is -0.456 e. The zero-order chi connectivity index (χ0) is 32.0. The number of rotatable bonds is 3. The second-order valence-corrected chi connectivity index (χ2v) is 13.7. The molecule has 0 saturated carbocycles. The van der Waals surface area contributed by atoms with Gasteiger partial charge in [-0.05, 0) is 102 Å². The van der Waals surface area contributed by atoms with Crippen LogP contribution < -0.4 is 4.74 Å². The highest BCUT2D eigenvalue weighted by Gasteiger charge is 2.37. The average Bonchev–Trinajstić information content (AvgIpc) is 3.38. The summed E-state index contributed by atoms with van der Waals surface area (Å²) in [6.45, 7) is 4.73. The predicted octanol–water partition coefficient (Wildman–Crippen LogP) is 13.1. The molecule has 8 aromatic carbocycles. The fourth-order valence-corrected chi connectivity index (χ4v) is 8.31. The molecule has 1 heterocycles. The van der Waals surface area contributed by atoms with Crippen LogP contribution in [-0.4, -0.2) is 0 Å². The van der Waals surface area contributed by atoms with Crippen LogP contribution in [-0.2, 0) is 5.41 Å². The second-order valence-electron chi connectivity index (χ2n) is 13.7. The molecule has 2 aliphatic rings. The third kappa shape index (κ3) is 3.85. The molecule has 226 valence electrons. The highest BCUT2D eigenvalue weighted by Crippen LogP contribution is 2.53. The van der Waals surface area contributed by atoms with Gasteiger partial charge >= 0.3 is 0 Å². The van der Waals surface area contributed by atoms with Gasteiger partial charge in [-0.3, -0.25) is 0 Å². The van der Waals surface area contributed by atoms with Gasteiger partial charge in [0.15, 0.2) is 0 Å². The van der Waals surface area contributed by atoms with Crippen molar-refractivity contribution in [3.8, 4) is 67.1 Å². The highest BCUT2D eigenvalue weighted by molar-refractivity contribution is 6.11. The number of hydrogen-bond donors (Lipinski definition) is 0. The maximum atomic E-state index is 6.53. The average molecular weight is 613 g/mol. The molecule has 0 spiro atoms. The lowest BCUT2D eigenvalue weighted by Gasteiger charge is -2.23. The molecule has 1 nitrogen and oxygen atoms in total. The summed E-state index contributed by atoms with van der Waals surface area (Å²) >= 11 is 0. The fraction of sp³-hybridized carbons (Fsp3) is 0.0638. The first kappa shape index (κ1) is 27.2. The van der Waals surface area contributed by atoms with Crippen LogP contribution in [0.25, 0.3) is 77.2 Å². The van der Waals surface area contributed by atoms with Crippen LogP contribution >= 0.6 is 0 Å². The Morgan fingerprint density at radius 1 is 0.375 bits per heavy atom. The Morgan fingerprint density at radius 3 is 1.85 bits per heavy atom. The van der Waals surface area contributed by atoms with Crippen molar-refractivity contribution >= 4 is 21.5 Å². The lowest BCUT2D eigenvalue weighted by atomic mass is 9.80. The van der Waals surface area contributed by atoms with Crippen LogP contribution in [0, 0.1) is 0 Å². The van der Waals surface area contributed by atoms with Crippen LogP contribution in [0.15, 0.2) is 158 Å². The standard InChI is InChI=1S/C47H32O/c1-47(2)41-18-9-8-15-38(41)45-36-14-7-6-13-34(36)39(28-42(45)47)31-21-19-30(20-22-31)33-24-26-44-46-35(33)16-10-17-37(46)40-27-32(23-25-43(40)48-44)29-11-4-3-5-12-29/h3-28H,1-2H3. The molecule has 1 aliphatic carbocycles. The van der Waals surface area contributed by atoms with Gasteiger partial charge in [0.25, 0.3) is 0 Å². The molecule has 10 rings (SSSR count). The van der Waals surface area contributed by atoms with Crippen LogP contribution in [0.3, 0.4) is 0 Å². The molecule has 1 aliphatic heterocycles. The second kappa shape index (κ2) is 10.0. The first-order valence-corrected chi connectivity index (χ1v) is 16.8. The van der Waals surface area contributed by atoms with Crippen molar-refractivity contribution in [3.63, 3.8) is 0 Å². The largest absolute Gasteiger partial charge is 0.456 e. The molecular weight excluding hydrogens is 581 g/mol. The van der Waals surface area contributed by atoms with E-state index in [1.807, 2.05) is 0 Å². The molecular formula is C47H32O. The maximum absolute atomic E-state index is 6.53. The summed E-state index contributed by atoms with van der Waals surface area (Å²) in [4.78, 5) is 0. The Balaban J connectivity index is 1.09. The Hall–Kier alpha value is -5.92. The van der Waals surface area contributed by atoms with E-state index in [4.69, 9.17) is 4.74 Å². The monoisotopic (exact) mass is 612 g/mol. The quantitative estimate of drug-likeness (QED) is 0.193. The van der Waals surface area contributed by atoms with Gasteiger partial charge in [-0.25, -0.2) is 0 Å². The van der Waals surface area contributed by atoms with E-state index < -0.39 is 0 Å². The summed E-state index contributed by atoms with van der Waals surface area (Å²) in [5.41, 5.74) is 15.2. The van der Waals surface area contributed by atoms with Crippen LogP contribution in [0.2, 0.25) is 0 Å². The summed E-state index contributed by atoms with van der Waals surface area (Å²) in [7, 11) is 0. The van der Waals surface area contributed by atoms with E-state index in [0.717, 1.165) is 17.1 Å². The molecule has 1 heteroatoms. The Labute approximate surface area is 280 Å². The summed E-state index contributed by atoms with van der Waals surface area (Å²) in [5, 5.41) is 4.99. The molecule has 48 heavy (non-hydrogen) atoms. The van der Waals surface area contributed by atoms with E-state index in [-0.39, 0.29) is 5.41 Å². The number of fused-ring (bicyclic) bond motifs is 7. The van der Waals surface area contributed by atoms with Gasteiger partial charge in [0.05, 0.1) is 0 Å². The lowest BCUT2D eigenvalue weighted by Crippen LogP contribution is -2.15. The maximum Gasteiger partial charge on any atom is 0.135 e. The van der Waals surface area contributed by atoms with Crippen LogP contribution in [0.5, 0.6) is 11.5 Å². The van der Waals surface area contributed by atoms with E-state index >= 15 is 0 Å². The van der Waals surface area contributed by atoms with Crippen LogP contribution in [0.1, 0.15) is 25.0 Å². The topological polar surface area (TPSA) is 9.23 Å². The Bertz CT molecular complexity index is 2590. The van der Waals surface area contributed by atoms with Crippen molar-refractivity contribution in [1.82, 2.24) is 0 Å². The smallest absolute Gasteiger partial charge is 0.135 e. The van der Waals surface area contributed by atoms with Gasteiger partial charge in [-0.15, -0.1) is 0 Å². The van der Waals surface area contributed by atoms with E-state index in [2.05, 4.69) is 172 Å². The first-order chi connectivity index (χ1) is 23.6. The van der Waals surface area contributed by atoms with Crippen molar-refractivity contribution in [2.24, 2.45) is 0 Å². The van der Waals surface area contributed by atoms with Crippen molar-refractivity contribution in [2.75, 3.05) is 0 Å². The molecule has 0 aromatic heterocycles. The first-order valence-electron chi connectivity index (χ1n) is 16.8. The normalized spacial score (nSPS) is 13.5. The van der Waals surface area contributed by atoms with E-state index in [0.29, 0.717) is 0 Å². The molecule has 0 bridgehead atoms. The third-order valence-corrected chi connectivity index (χ3v) is 10.7. The number of benzene rings is 8. The number of ether oxygens (including phenoxy) is 1. The van der Waals surface area contributed by atoms with Gasteiger partial charge in [0, 0.05) is 16.4 Å². The summed E-state index contributed by atoms with van der Waals surface area (Å²) < 4.78 is 6.53. The lowest BCUT2D eigenvalue weighted by molar-refractivity contribution is 0.487. The molecule has 0 radical (unpaired) electrons. The molecule has 0 atom stereocenters. The molecule has 0 unspecified atom stereocenters. The van der Waals surface area contributed by atoms with E-state index in [1.54, 1.807) is 0 Å². The molecule has 0 saturated heterocycles. The number of hydrogen-bond acceptors (Lipinski definition) is 1. The highest BCUT2D eigenvalue weighted by atomic mass is 16.5.